The molecule has 0 saturated carbocycles. The largest absolute Gasteiger partial charge is 0.507 e. The van der Waals surface area contributed by atoms with Gasteiger partial charge in [0.2, 0.25) is 0 Å². The molecule has 0 aliphatic carbocycles. The van der Waals surface area contributed by atoms with Crippen molar-refractivity contribution in [1.29, 1.82) is 0 Å². The number of hydrogen-bond donors (Lipinski definition) is 1. The van der Waals surface area contributed by atoms with Crippen LogP contribution in [0.2, 0.25) is 0 Å². The van der Waals surface area contributed by atoms with Gasteiger partial charge in [0.05, 0.1) is 11.6 Å². The number of halogens is 2. The van der Waals surface area contributed by atoms with Crippen molar-refractivity contribution in [2.75, 3.05) is 0 Å². The molecule has 1 aromatic heterocycles. The number of benzene rings is 2. The normalized spacial score (nSPS) is 18.1. The van der Waals surface area contributed by atoms with Gasteiger partial charge in [-0.25, -0.2) is 8.78 Å². The minimum Gasteiger partial charge on any atom is -0.507 e. The van der Waals surface area contributed by atoms with Crippen LogP contribution >= 0.6 is 0 Å². The third kappa shape index (κ3) is 3.57. The number of pyridine rings is 1. The van der Waals surface area contributed by atoms with Gasteiger partial charge < -0.3 is 10.0 Å². The third-order valence-electron chi connectivity index (χ3n) is 4.92. The van der Waals surface area contributed by atoms with E-state index in [2.05, 4.69) is 4.98 Å². The molecule has 1 aliphatic heterocycles. The van der Waals surface area contributed by atoms with E-state index in [1.54, 1.807) is 24.5 Å². The Morgan fingerprint density at radius 3 is 2.20 bits per heavy atom. The summed E-state index contributed by atoms with van der Waals surface area (Å²) in [4.78, 5) is 31.0. The molecule has 2 heterocycles. The average molecular weight is 406 g/mol. The van der Waals surface area contributed by atoms with Crippen molar-refractivity contribution in [3.05, 3.63) is 107 Å². The number of amides is 1. The summed E-state index contributed by atoms with van der Waals surface area (Å²) in [6.07, 6.45) is 3.16. The van der Waals surface area contributed by atoms with E-state index < -0.39 is 35.1 Å². The van der Waals surface area contributed by atoms with Crippen LogP contribution in [-0.4, -0.2) is 26.7 Å². The van der Waals surface area contributed by atoms with Crippen LogP contribution < -0.4 is 0 Å². The lowest BCUT2D eigenvalue weighted by Gasteiger charge is -2.25. The van der Waals surface area contributed by atoms with Crippen molar-refractivity contribution in [3.8, 4) is 0 Å². The monoisotopic (exact) mass is 406 g/mol. The predicted octanol–water partition coefficient (Wildman–Crippen LogP) is 3.98. The van der Waals surface area contributed by atoms with Crippen LogP contribution in [0, 0.1) is 11.6 Å². The van der Waals surface area contributed by atoms with Gasteiger partial charge in [0.15, 0.2) is 0 Å². The number of aliphatic hydroxyl groups excluding tert-OH is 1. The first-order chi connectivity index (χ1) is 14.5. The van der Waals surface area contributed by atoms with Gasteiger partial charge >= 0.3 is 0 Å². The van der Waals surface area contributed by atoms with E-state index in [0.717, 1.165) is 12.1 Å². The van der Waals surface area contributed by atoms with Crippen molar-refractivity contribution in [1.82, 2.24) is 9.88 Å². The van der Waals surface area contributed by atoms with Crippen LogP contribution in [0.15, 0.2) is 78.6 Å². The molecule has 0 bridgehead atoms. The first-order valence-electron chi connectivity index (χ1n) is 9.14. The quantitative estimate of drug-likeness (QED) is 0.404. The zero-order valence-electron chi connectivity index (χ0n) is 15.6. The Morgan fingerprint density at radius 2 is 1.60 bits per heavy atom. The fraction of sp³-hybridized carbons (Fsp3) is 0.0870. The number of nitrogens with zero attached hydrogens (tertiary/aromatic N) is 2. The highest BCUT2D eigenvalue weighted by atomic mass is 19.1. The second-order valence-corrected chi connectivity index (χ2v) is 6.85. The maximum atomic E-state index is 13.5. The number of likely N-dealkylation sites (tertiary alicyclic amines) is 1. The zero-order chi connectivity index (χ0) is 21.3. The standard InChI is InChI=1S/C23H16F2N2O3/c24-17-7-3-15(4-8-17)20-19(21(28)16-5-9-18(25)10-6-16)22(29)23(30)27(20)13-14-2-1-11-26-12-14/h1-12,20,28H,13H2/b21-19+/t20-/m0/s1. The Hall–Kier alpha value is -3.87. The molecule has 3 aromatic rings. The molecule has 1 amide bonds. The van der Waals surface area contributed by atoms with Crippen LogP contribution in [0.5, 0.6) is 0 Å². The summed E-state index contributed by atoms with van der Waals surface area (Å²) in [7, 11) is 0. The second-order valence-electron chi connectivity index (χ2n) is 6.85. The van der Waals surface area contributed by atoms with Gasteiger partial charge in [-0.1, -0.05) is 18.2 Å². The second kappa shape index (κ2) is 7.87. The minimum atomic E-state index is -0.934. The van der Waals surface area contributed by atoms with Crippen LogP contribution in [0.1, 0.15) is 22.7 Å². The number of carbonyl (C=O) groups is 2. The Morgan fingerprint density at radius 1 is 0.967 bits per heavy atom. The maximum absolute atomic E-state index is 13.5. The van der Waals surface area contributed by atoms with Crippen LogP contribution in [0.25, 0.3) is 5.76 Å². The minimum absolute atomic E-state index is 0.0701. The summed E-state index contributed by atoms with van der Waals surface area (Å²) >= 11 is 0. The van der Waals surface area contributed by atoms with Crippen molar-refractivity contribution in [2.45, 2.75) is 12.6 Å². The lowest BCUT2D eigenvalue weighted by Crippen LogP contribution is -2.29. The summed E-state index contributed by atoms with van der Waals surface area (Å²) in [6.45, 7) is 0.0701. The molecule has 7 heteroatoms. The molecule has 2 aromatic carbocycles. The summed E-state index contributed by atoms with van der Waals surface area (Å²) in [5.41, 5.74) is 1.21. The van der Waals surface area contributed by atoms with Gasteiger partial charge in [0, 0.05) is 24.5 Å². The third-order valence-corrected chi connectivity index (χ3v) is 4.92. The van der Waals surface area contributed by atoms with E-state index in [4.69, 9.17) is 0 Å². The summed E-state index contributed by atoms with van der Waals surface area (Å²) in [5.74, 6) is -3.05. The smallest absolute Gasteiger partial charge is 0.295 e. The van der Waals surface area contributed by atoms with Gasteiger partial charge in [-0.3, -0.25) is 14.6 Å². The Labute approximate surface area is 170 Å². The number of aromatic nitrogens is 1. The maximum Gasteiger partial charge on any atom is 0.295 e. The molecule has 30 heavy (non-hydrogen) atoms. The van der Waals surface area contributed by atoms with E-state index in [-0.39, 0.29) is 17.7 Å². The van der Waals surface area contributed by atoms with Crippen molar-refractivity contribution in [3.63, 3.8) is 0 Å². The van der Waals surface area contributed by atoms with E-state index in [1.165, 1.54) is 41.3 Å². The molecule has 5 nitrogen and oxygen atoms in total. The lowest BCUT2D eigenvalue weighted by molar-refractivity contribution is -0.140. The lowest BCUT2D eigenvalue weighted by atomic mass is 9.95. The van der Waals surface area contributed by atoms with Crippen LogP contribution in [0.4, 0.5) is 8.78 Å². The number of carbonyl (C=O) groups excluding carboxylic acids is 2. The Bertz CT molecular complexity index is 1130. The van der Waals surface area contributed by atoms with E-state index in [9.17, 15) is 23.5 Å². The first-order valence-corrected chi connectivity index (χ1v) is 9.14. The molecule has 0 radical (unpaired) electrons. The number of aliphatic hydroxyl groups is 1. The molecule has 4 rings (SSSR count). The average Bonchev–Trinajstić information content (AvgIpc) is 3.00. The molecule has 1 atom stereocenters. The molecular weight excluding hydrogens is 390 g/mol. The molecule has 0 spiro atoms. The highest BCUT2D eigenvalue weighted by Gasteiger charge is 2.46. The van der Waals surface area contributed by atoms with Gasteiger partial charge in [0.25, 0.3) is 11.7 Å². The summed E-state index contributed by atoms with van der Waals surface area (Å²) < 4.78 is 26.8. The van der Waals surface area contributed by atoms with Crippen molar-refractivity contribution in [2.24, 2.45) is 0 Å². The molecule has 1 saturated heterocycles. The number of ketones is 1. The van der Waals surface area contributed by atoms with Crippen molar-refractivity contribution < 1.29 is 23.5 Å². The van der Waals surface area contributed by atoms with Crippen molar-refractivity contribution >= 4 is 17.4 Å². The summed E-state index contributed by atoms with van der Waals surface area (Å²) in [5, 5.41) is 10.8. The van der Waals surface area contributed by atoms with E-state index >= 15 is 0 Å². The first kappa shape index (κ1) is 19.4. The van der Waals surface area contributed by atoms with E-state index in [0.29, 0.717) is 11.1 Å². The van der Waals surface area contributed by atoms with Gasteiger partial charge in [-0.2, -0.15) is 0 Å². The molecule has 1 aliphatic rings. The molecule has 1 fully saturated rings. The molecule has 150 valence electrons. The fourth-order valence-electron chi connectivity index (χ4n) is 3.49. The van der Waals surface area contributed by atoms with Crippen LogP contribution in [-0.2, 0) is 16.1 Å². The van der Waals surface area contributed by atoms with Gasteiger partial charge in [-0.05, 0) is 53.6 Å². The topological polar surface area (TPSA) is 70.5 Å². The number of hydrogen-bond acceptors (Lipinski definition) is 4. The number of Topliss-reactive ketones (excluding diaryl/α,β-unsaturated/α-hetero) is 1. The highest BCUT2D eigenvalue weighted by Crippen LogP contribution is 2.40. The van der Waals surface area contributed by atoms with Gasteiger partial charge in [0.1, 0.15) is 17.4 Å². The molecule has 1 N–H and O–H groups in total. The highest BCUT2D eigenvalue weighted by molar-refractivity contribution is 6.46. The molecular formula is C23H16F2N2O3. The summed E-state index contributed by atoms with van der Waals surface area (Å²) in [6, 6.07) is 12.8. The zero-order valence-corrected chi connectivity index (χ0v) is 15.6. The van der Waals surface area contributed by atoms with E-state index in [1.807, 2.05) is 0 Å². The fourth-order valence-corrected chi connectivity index (χ4v) is 3.49. The Kier molecular flexibility index (Phi) is 5.10. The Balaban J connectivity index is 1.85. The van der Waals surface area contributed by atoms with Gasteiger partial charge in [-0.15, -0.1) is 0 Å². The predicted molar refractivity (Wildman–Crippen MR) is 105 cm³/mol. The SMILES string of the molecule is O=C1C(=O)N(Cc2cccnc2)[C@@H](c2ccc(F)cc2)/C1=C(\O)c1ccc(F)cc1. The number of rotatable bonds is 4. The molecule has 0 unspecified atom stereocenters. The van der Waals surface area contributed by atoms with Crippen LogP contribution in [0.3, 0.4) is 0 Å².